The van der Waals surface area contributed by atoms with Crippen molar-refractivity contribution in [2.45, 2.75) is 179 Å². The zero-order valence-corrected chi connectivity index (χ0v) is 50.2. The number of pyridine rings is 2. The molecule has 4 N–H and O–H groups in total. The number of ether oxygens (including phenoxy) is 6. The summed E-state index contributed by atoms with van der Waals surface area (Å²) < 4.78 is 36.7. The number of hydrogen-bond acceptors (Lipinski definition) is 14. The van der Waals surface area contributed by atoms with E-state index in [0.717, 1.165) is 238 Å². The number of aliphatic carboxylic acids is 2. The molecule has 16 heteroatoms. The molecular weight excluding hydrogens is 1060 g/mol. The van der Waals surface area contributed by atoms with Gasteiger partial charge < -0.3 is 49.3 Å². The van der Waals surface area contributed by atoms with Crippen molar-refractivity contribution in [2.24, 2.45) is 10.8 Å². The molecular formula is C68H94N6O10. The SMILES string of the molecule is Cc1ccc([C@@H]2CCC3(CCOCC3)CO2)c([C@@H](C(=O)O)N2CC[C@@H](OCCCCc3ccc4c(n3)NCCC4)C2)c1.Cc1ccc([C@@H]2CCC3(CCOCC3)CO2)c([C@H](C(=O)O)N2CC[C@@H](OCCCCc3ccc4c(n3)NCCC4)C2)c1. The minimum absolute atomic E-state index is 0.0606. The average molecular weight is 1160 g/mol. The van der Waals surface area contributed by atoms with Gasteiger partial charge in [0.15, 0.2) is 0 Å². The van der Waals surface area contributed by atoms with Crippen molar-refractivity contribution in [3.8, 4) is 0 Å². The fourth-order valence-corrected chi connectivity index (χ4v) is 14.6. The topological polar surface area (TPSA) is 186 Å². The van der Waals surface area contributed by atoms with E-state index in [2.05, 4.69) is 81.1 Å². The number of benzene rings is 2. The summed E-state index contributed by atoms with van der Waals surface area (Å²) in [6, 6.07) is 19.9. The Kier molecular flexibility index (Phi) is 20.7. The summed E-state index contributed by atoms with van der Waals surface area (Å²) in [5, 5.41) is 27.8. The molecule has 8 aliphatic heterocycles. The summed E-state index contributed by atoms with van der Waals surface area (Å²) in [5.41, 5.74) is 11.3. The number of unbranched alkanes of at least 4 members (excludes halogenated alkanes) is 2. The number of nitrogens with zero attached hydrogens (tertiary/aromatic N) is 4. The molecule has 0 bridgehead atoms. The quantitative estimate of drug-likeness (QED) is 0.0612. The molecule has 6 saturated heterocycles. The van der Waals surface area contributed by atoms with Crippen molar-refractivity contribution < 1.29 is 48.2 Å². The summed E-state index contributed by atoms with van der Waals surface area (Å²) in [6.45, 7) is 14.9. The summed E-state index contributed by atoms with van der Waals surface area (Å²) >= 11 is 0. The van der Waals surface area contributed by atoms with Gasteiger partial charge in [-0.3, -0.25) is 19.4 Å². The number of aryl methyl sites for hydroxylation is 6. The summed E-state index contributed by atoms with van der Waals surface area (Å²) in [6.07, 6.45) is 20.4. The van der Waals surface area contributed by atoms with Crippen LogP contribution in [0.4, 0.5) is 11.6 Å². The van der Waals surface area contributed by atoms with Gasteiger partial charge in [0, 0.05) is 90.3 Å². The number of hydrogen-bond donors (Lipinski definition) is 4. The number of fused-ring (bicyclic) bond motifs is 2. The fraction of sp³-hybridized carbons (Fsp3) is 0.647. The maximum atomic E-state index is 12.8. The smallest absolute Gasteiger partial charge is 0.325 e. The maximum Gasteiger partial charge on any atom is 0.325 e. The van der Waals surface area contributed by atoms with Crippen molar-refractivity contribution in [3.63, 3.8) is 0 Å². The Labute approximate surface area is 498 Å². The number of carbonyl (C=O) groups is 2. The predicted octanol–water partition coefficient (Wildman–Crippen LogP) is 11.3. The number of rotatable bonds is 20. The number of carboxylic acids is 2. The van der Waals surface area contributed by atoms with E-state index >= 15 is 0 Å². The second kappa shape index (κ2) is 28.6. The van der Waals surface area contributed by atoms with Crippen LogP contribution in [0.15, 0.2) is 60.7 Å². The van der Waals surface area contributed by atoms with E-state index < -0.39 is 24.0 Å². The van der Waals surface area contributed by atoms with E-state index in [1.54, 1.807) is 0 Å². The van der Waals surface area contributed by atoms with Crippen LogP contribution >= 0.6 is 0 Å². The molecule has 6 atom stereocenters. The highest BCUT2D eigenvalue weighted by Crippen LogP contribution is 2.47. The molecule has 16 nitrogen and oxygen atoms in total. The molecule has 456 valence electrons. The van der Waals surface area contributed by atoms with Crippen LogP contribution in [0, 0.1) is 24.7 Å². The van der Waals surface area contributed by atoms with Gasteiger partial charge in [-0.15, -0.1) is 0 Å². The second-order valence-corrected chi connectivity index (χ2v) is 25.8. The van der Waals surface area contributed by atoms with Crippen LogP contribution < -0.4 is 10.6 Å². The lowest BCUT2D eigenvalue weighted by Crippen LogP contribution is -2.39. The molecule has 0 radical (unpaired) electrons. The number of anilines is 2. The third-order valence-electron chi connectivity index (χ3n) is 19.7. The van der Waals surface area contributed by atoms with E-state index in [4.69, 9.17) is 38.4 Å². The predicted molar refractivity (Wildman–Crippen MR) is 324 cm³/mol. The molecule has 2 aromatic heterocycles. The van der Waals surface area contributed by atoms with E-state index in [9.17, 15) is 19.8 Å². The van der Waals surface area contributed by atoms with Gasteiger partial charge in [-0.25, -0.2) is 9.97 Å². The second-order valence-electron chi connectivity index (χ2n) is 25.8. The van der Waals surface area contributed by atoms with Crippen LogP contribution in [0.5, 0.6) is 0 Å². The normalized spacial score (nSPS) is 24.7. The third-order valence-corrected chi connectivity index (χ3v) is 19.7. The molecule has 84 heavy (non-hydrogen) atoms. The van der Waals surface area contributed by atoms with Crippen molar-refractivity contribution in [1.29, 1.82) is 0 Å². The zero-order chi connectivity index (χ0) is 57.9. The van der Waals surface area contributed by atoms with Crippen LogP contribution in [-0.4, -0.2) is 146 Å². The molecule has 0 unspecified atom stereocenters. The fourth-order valence-electron chi connectivity index (χ4n) is 14.6. The minimum atomic E-state index is -0.800. The van der Waals surface area contributed by atoms with Crippen molar-refractivity contribution in [2.75, 3.05) is 103 Å². The van der Waals surface area contributed by atoms with E-state index in [0.29, 0.717) is 26.3 Å². The lowest BCUT2D eigenvalue weighted by molar-refractivity contribution is -0.144. The Bertz CT molecular complexity index is 2630. The first kappa shape index (κ1) is 60.6. The molecule has 0 aliphatic carbocycles. The molecule has 10 heterocycles. The Hall–Kier alpha value is -5.04. The van der Waals surface area contributed by atoms with Crippen LogP contribution in [0.1, 0.15) is 183 Å². The van der Waals surface area contributed by atoms with Gasteiger partial charge in [-0.2, -0.15) is 0 Å². The monoisotopic (exact) mass is 1150 g/mol. The van der Waals surface area contributed by atoms with Crippen LogP contribution in [0.3, 0.4) is 0 Å². The molecule has 4 aromatic rings. The summed E-state index contributed by atoms with van der Waals surface area (Å²) in [5.74, 6) is 0.519. The van der Waals surface area contributed by atoms with E-state index in [1.165, 1.54) is 24.0 Å². The van der Waals surface area contributed by atoms with Gasteiger partial charge in [0.1, 0.15) is 23.7 Å². The van der Waals surface area contributed by atoms with Gasteiger partial charge in [-0.05, 0) is 199 Å². The number of nitrogens with one attached hydrogen (secondary N) is 2. The molecule has 0 amide bonds. The van der Waals surface area contributed by atoms with Gasteiger partial charge in [0.25, 0.3) is 0 Å². The van der Waals surface area contributed by atoms with Crippen molar-refractivity contribution >= 4 is 23.6 Å². The van der Waals surface area contributed by atoms with Crippen LogP contribution in [0.2, 0.25) is 0 Å². The Balaban J connectivity index is 0.000000175. The molecule has 12 rings (SSSR count). The van der Waals surface area contributed by atoms with Crippen LogP contribution in [-0.2, 0) is 63.7 Å². The first-order valence-electron chi connectivity index (χ1n) is 32.2. The van der Waals surface area contributed by atoms with E-state index in [-0.39, 0.29) is 35.2 Å². The first-order valence-corrected chi connectivity index (χ1v) is 32.2. The Morgan fingerprint density at radius 2 is 1.04 bits per heavy atom. The summed E-state index contributed by atoms with van der Waals surface area (Å²) in [7, 11) is 0. The number of aromatic nitrogens is 2. The number of carboxylic acid groups (broad SMARTS) is 2. The standard InChI is InChI=1S/2C34H47N3O5/c2*1-24-7-10-28(30-11-13-34(23-42-30)14-19-40-20-15-34)29(21-24)31(33(38)39)37-17-12-27(22-37)41-18-3-2-6-26-9-8-25-5-4-16-35-32(25)36-26/h2*7-10,21,27,30-31H,2-6,11-20,22-23H2,1H3,(H,35,36)(H,38,39)/t27-,30+,31+;27-,30+,31-/m11/s1. The Morgan fingerprint density at radius 3 is 1.44 bits per heavy atom. The minimum Gasteiger partial charge on any atom is -0.480 e. The molecule has 8 aliphatic rings. The van der Waals surface area contributed by atoms with E-state index in [1.807, 2.05) is 13.8 Å². The van der Waals surface area contributed by atoms with Gasteiger partial charge in [0.2, 0.25) is 0 Å². The maximum absolute atomic E-state index is 12.8. The Morgan fingerprint density at radius 1 is 0.595 bits per heavy atom. The lowest BCUT2D eigenvalue weighted by atomic mass is 9.74. The highest BCUT2D eigenvalue weighted by Gasteiger charge is 2.43. The highest BCUT2D eigenvalue weighted by atomic mass is 16.5. The highest BCUT2D eigenvalue weighted by molar-refractivity contribution is 5.77. The van der Waals surface area contributed by atoms with Crippen molar-refractivity contribution in [1.82, 2.24) is 19.8 Å². The number of likely N-dealkylation sites (tertiary alicyclic amines) is 2. The molecule has 0 saturated carbocycles. The molecule has 2 aromatic carbocycles. The lowest BCUT2D eigenvalue weighted by Gasteiger charge is -2.43. The van der Waals surface area contributed by atoms with Gasteiger partial charge in [-0.1, -0.05) is 59.7 Å². The molecule has 6 fully saturated rings. The molecule has 2 spiro atoms. The van der Waals surface area contributed by atoms with Crippen molar-refractivity contribution in [3.05, 3.63) is 117 Å². The largest absolute Gasteiger partial charge is 0.480 e. The van der Waals surface area contributed by atoms with Gasteiger partial charge in [0.05, 0.1) is 37.6 Å². The average Bonchev–Trinajstić information content (AvgIpc) is 4.26. The van der Waals surface area contributed by atoms with Gasteiger partial charge >= 0.3 is 11.9 Å². The third kappa shape index (κ3) is 15.2. The first-order chi connectivity index (χ1) is 41.0. The van der Waals surface area contributed by atoms with Crippen LogP contribution in [0.25, 0.3) is 0 Å². The summed E-state index contributed by atoms with van der Waals surface area (Å²) in [4.78, 5) is 39.3. The zero-order valence-electron chi connectivity index (χ0n) is 50.2.